The van der Waals surface area contributed by atoms with Crippen LogP contribution in [0, 0.1) is 0 Å². The molecule has 0 atom stereocenters. The molecule has 24 heavy (non-hydrogen) atoms. The number of carbonyl (C=O) groups is 1. The van der Waals surface area contributed by atoms with Crippen molar-refractivity contribution in [2.75, 3.05) is 13.1 Å². The van der Waals surface area contributed by atoms with Crippen LogP contribution in [0.5, 0.6) is 0 Å². The van der Waals surface area contributed by atoms with Crippen molar-refractivity contribution < 1.29 is 9.53 Å². The van der Waals surface area contributed by atoms with Gasteiger partial charge in [0.05, 0.1) is 12.2 Å². The molecule has 0 N–H and O–H groups in total. The molecule has 0 saturated carbocycles. The van der Waals surface area contributed by atoms with Crippen molar-refractivity contribution in [3.63, 3.8) is 0 Å². The van der Waals surface area contributed by atoms with Crippen molar-refractivity contribution in [1.82, 2.24) is 4.90 Å². The molecule has 2 heterocycles. The molecule has 1 fully saturated rings. The van der Waals surface area contributed by atoms with E-state index in [1.54, 1.807) is 6.08 Å². The van der Waals surface area contributed by atoms with Gasteiger partial charge in [-0.15, -0.1) is 0 Å². The normalized spacial score (nSPS) is 18.9. The number of fused-ring (bicyclic) bond motifs is 2. The highest BCUT2D eigenvalue weighted by molar-refractivity contribution is 5.91. The Morgan fingerprint density at radius 2 is 1.71 bits per heavy atom. The van der Waals surface area contributed by atoms with Gasteiger partial charge >= 0.3 is 0 Å². The van der Waals surface area contributed by atoms with Crippen molar-refractivity contribution in [2.24, 2.45) is 0 Å². The molecular weight excluding hydrogens is 298 g/mol. The lowest BCUT2D eigenvalue weighted by atomic mass is 9.84. The Morgan fingerprint density at radius 3 is 2.50 bits per heavy atom. The maximum absolute atomic E-state index is 12.4. The van der Waals surface area contributed by atoms with Gasteiger partial charge in [0.2, 0.25) is 5.91 Å². The summed E-state index contributed by atoms with van der Waals surface area (Å²) in [6, 6.07) is 18.4. The molecule has 1 spiro atoms. The molecule has 0 radical (unpaired) electrons. The van der Waals surface area contributed by atoms with E-state index in [-0.39, 0.29) is 11.5 Å². The van der Waals surface area contributed by atoms with Gasteiger partial charge in [-0.2, -0.15) is 0 Å². The standard InChI is InChI=1S/C21H21NO2/c23-20(11-10-17-6-2-1-3-7-17)22-14-12-21(13-15-22)19-9-5-4-8-18(19)16-24-21/h1-11H,12-16H2. The Morgan fingerprint density at radius 1 is 1.00 bits per heavy atom. The van der Waals surface area contributed by atoms with E-state index in [1.807, 2.05) is 41.3 Å². The lowest BCUT2D eigenvalue weighted by Gasteiger charge is -2.39. The minimum Gasteiger partial charge on any atom is -0.365 e. The summed E-state index contributed by atoms with van der Waals surface area (Å²) in [5.41, 5.74) is 3.47. The third-order valence-electron chi connectivity index (χ3n) is 5.11. The van der Waals surface area contributed by atoms with E-state index >= 15 is 0 Å². The molecule has 4 rings (SSSR count). The monoisotopic (exact) mass is 319 g/mol. The molecule has 0 aliphatic carbocycles. The van der Waals surface area contributed by atoms with Crippen LogP contribution in [0.1, 0.15) is 29.5 Å². The van der Waals surface area contributed by atoms with Crippen molar-refractivity contribution in [3.05, 3.63) is 77.4 Å². The molecule has 1 amide bonds. The SMILES string of the molecule is O=C(C=Cc1ccccc1)N1CCC2(CC1)OCc1ccccc12. The van der Waals surface area contributed by atoms with Crippen LogP contribution in [0.25, 0.3) is 6.08 Å². The molecule has 1 saturated heterocycles. The number of likely N-dealkylation sites (tertiary alicyclic amines) is 1. The van der Waals surface area contributed by atoms with Gasteiger partial charge in [-0.25, -0.2) is 0 Å². The zero-order chi connectivity index (χ0) is 16.4. The van der Waals surface area contributed by atoms with Gasteiger partial charge in [0.1, 0.15) is 0 Å². The lowest BCUT2D eigenvalue weighted by molar-refractivity contribution is -0.133. The van der Waals surface area contributed by atoms with E-state index in [0.717, 1.165) is 31.5 Å². The van der Waals surface area contributed by atoms with Crippen LogP contribution in [-0.4, -0.2) is 23.9 Å². The number of rotatable bonds is 2. The smallest absolute Gasteiger partial charge is 0.246 e. The quantitative estimate of drug-likeness (QED) is 0.789. The average Bonchev–Trinajstić information content (AvgIpc) is 3.00. The Hall–Kier alpha value is -2.39. The minimum atomic E-state index is -0.184. The highest BCUT2D eigenvalue weighted by Gasteiger charge is 2.42. The summed E-state index contributed by atoms with van der Waals surface area (Å²) in [5, 5.41) is 0. The highest BCUT2D eigenvalue weighted by atomic mass is 16.5. The number of hydrogen-bond donors (Lipinski definition) is 0. The second-order valence-corrected chi connectivity index (χ2v) is 6.51. The zero-order valence-electron chi connectivity index (χ0n) is 13.7. The first-order valence-electron chi connectivity index (χ1n) is 8.51. The Bertz CT molecular complexity index is 758. The largest absolute Gasteiger partial charge is 0.365 e. The van der Waals surface area contributed by atoms with Crippen LogP contribution in [0.2, 0.25) is 0 Å². The van der Waals surface area contributed by atoms with Crippen LogP contribution in [0.3, 0.4) is 0 Å². The van der Waals surface area contributed by atoms with E-state index in [1.165, 1.54) is 11.1 Å². The maximum atomic E-state index is 12.4. The molecule has 3 heteroatoms. The Labute approximate surface area is 142 Å². The molecule has 2 aromatic rings. The molecule has 0 unspecified atom stereocenters. The molecule has 2 aliphatic heterocycles. The topological polar surface area (TPSA) is 29.5 Å². The predicted molar refractivity (Wildman–Crippen MR) is 94.2 cm³/mol. The van der Waals surface area contributed by atoms with Crippen LogP contribution >= 0.6 is 0 Å². The summed E-state index contributed by atoms with van der Waals surface area (Å²) < 4.78 is 6.15. The summed E-state index contributed by atoms with van der Waals surface area (Å²) in [6.07, 6.45) is 5.30. The van der Waals surface area contributed by atoms with Gasteiger partial charge in [0, 0.05) is 19.2 Å². The first-order chi connectivity index (χ1) is 11.8. The van der Waals surface area contributed by atoms with Gasteiger partial charge < -0.3 is 9.64 Å². The molecule has 3 nitrogen and oxygen atoms in total. The van der Waals surface area contributed by atoms with Crippen molar-refractivity contribution in [1.29, 1.82) is 0 Å². The van der Waals surface area contributed by atoms with Crippen molar-refractivity contribution in [3.8, 4) is 0 Å². The van der Waals surface area contributed by atoms with Crippen LogP contribution in [0.4, 0.5) is 0 Å². The number of hydrogen-bond acceptors (Lipinski definition) is 2. The van der Waals surface area contributed by atoms with E-state index < -0.39 is 0 Å². The average molecular weight is 319 g/mol. The van der Waals surface area contributed by atoms with E-state index in [4.69, 9.17) is 4.74 Å². The van der Waals surface area contributed by atoms with Gasteiger partial charge in [-0.1, -0.05) is 54.6 Å². The number of carbonyl (C=O) groups excluding carboxylic acids is 1. The fourth-order valence-corrected chi connectivity index (χ4v) is 3.72. The summed E-state index contributed by atoms with van der Waals surface area (Å²) in [7, 11) is 0. The molecule has 0 aromatic heterocycles. The molecule has 0 bridgehead atoms. The molecule has 2 aromatic carbocycles. The Kier molecular flexibility index (Phi) is 3.95. The summed E-state index contributed by atoms with van der Waals surface area (Å²) in [6.45, 7) is 2.18. The predicted octanol–water partition coefficient (Wildman–Crippen LogP) is 3.75. The van der Waals surface area contributed by atoms with E-state index in [9.17, 15) is 4.79 Å². The lowest BCUT2D eigenvalue weighted by Crippen LogP contribution is -2.44. The first-order valence-corrected chi connectivity index (χ1v) is 8.51. The van der Waals surface area contributed by atoms with Crippen LogP contribution in [0.15, 0.2) is 60.7 Å². The highest BCUT2D eigenvalue weighted by Crippen LogP contribution is 2.43. The first kappa shape index (κ1) is 15.2. The van der Waals surface area contributed by atoms with Crippen molar-refractivity contribution in [2.45, 2.75) is 25.0 Å². The summed E-state index contributed by atoms with van der Waals surface area (Å²) in [4.78, 5) is 14.3. The van der Waals surface area contributed by atoms with Gasteiger partial charge in [-0.3, -0.25) is 4.79 Å². The summed E-state index contributed by atoms with van der Waals surface area (Å²) >= 11 is 0. The van der Waals surface area contributed by atoms with Crippen LogP contribution < -0.4 is 0 Å². The number of benzene rings is 2. The van der Waals surface area contributed by atoms with Gasteiger partial charge in [-0.05, 0) is 35.6 Å². The number of nitrogens with zero attached hydrogens (tertiary/aromatic N) is 1. The van der Waals surface area contributed by atoms with Crippen LogP contribution in [-0.2, 0) is 21.7 Å². The van der Waals surface area contributed by atoms with Gasteiger partial charge in [0.25, 0.3) is 0 Å². The van der Waals surface area contributed by atoms with Gasteiger partial charge in [0.15, 0.2) is 0 Å². The Balaban J connectivity index is 1.42. The van der Waals surface area contributed by atoms with E-state index in [0.29, 0.717) is 6.61 Å². The zero-order valence-corrected chi connectivity index (χ0v) is 13.7. The van der Waals surface area contributed by atoms with E-state index in [2.05, 4.69) is 24.3 Å². The number of amides is 1. The molecule has 2 aliphatic rings. The summed E-state index contributed by atoms with van der Waals surface area (Å²) in [5.74, 6) is 0.0833. The second kappa shape index (κ2) is 6.25. The fraction of sp³-hybridized carbons (Fsp3) is 0.286. The maximum Gasteiger partial charge on any atom is 0.246 e. The number of piperidine rings is 1. The fourth-order valence-electron chi connectivity index (χ4n) is 3.72. The molecular formula is C21H21NO2. The minimum absolute atomic E-state index is 0.0833. The van der Waals surface area contributed by atoms with Crippen molar-refractivity contribution >= 4 is 12.0 Å². The third-order valence-corrected chi connectivity index (χ3v) is 5.11. The second-order valence-electron chi connectivity index (χ2n) is 6.51. The third kappa shape index (κ3) is 2.76. The molecule has 122 valence electrons. The number of ether oxygens (including phenoxy) is 1.